The van der Waals surface area contributed by atoms with E-state index >= 15 is 0 Å². The summed E-state index contributed by atoms with van der Waals surface area (Å²) in [6.07, 6.45) is 2.74. The van der Waals surface area contributed by atoms with Gasteiger partial charge in [0.05, 0.1) is 31.1 Å². The van der Waals surface area contributed by atoms with Crippen molar-refractivity contribution in [2.75, 3.05) is 13.7 Å². The van der Waals surface area contributed by atoms with Crippen molar-refractivity contribution in [3.05, 3.63) is 66.5 Å². The molecule has 2 atom stereocenters. The first kappa shape index (κ1) is 21.7. The van der Waals surface area contributed by atoms with Crippen LogP contribution >= 0.6 is 0 Å². The van der Waals surface area contributed by atoms with Crippen LogP contribution in [-0.2, 0) is 19.6 Å². The normalized spacial score (nSPS) is 20.0. The van der Waals surface area contributed by atoms with Gasteiger partial charge in [0, 0.05) is 24.4 Å². The van der Waals surface area contributed by atoms with Gasteiger partial charge < -0.3 is 20.1 Å². The third-order valence-corrected chi connectivity index (χ3v) is 7.16. The molecule has 9 nitrogen and oxygen atoms in total. The Labute approximate surface area is 186 Å². The van der Waals surface area contributed by atoms with Crippen LogP contribution in [0.1, 0.15) is 24.4 Å². The van der Waals surface area contributed by atoms with Crippen LogP contribution in [0.15, 0.2) is 65.8 Å². The van der Waals surface area contributed by atoms with Gasteiger partial charge in [-0.25, -0.2) is 8.42 Å². The predicted octanol–water partition coefficient (Wildman–Crippen LogP) is 1.69. The molecule has 0 unspecified atom stereocenters. The number of benzene rings is 2. The zero-order valence-corrected chi connectivity index (χ0v) is 18.2. The Bertz CT molecular complexity index is 1150. The standard InChI is InChI=1S/C22H23N3O6S/c1-30-15-6-8-16(9-7-15)32(28,29)25-12-11-23-22(27)19(25)14-21(26)24-18-10-13-31-20-5-3-2-4-17(18)20/h2-9,11-12,18-19H,10,13-14H2,1H3,(H,23,27)(H,24,26)/t18-,19-/m1/s1. The topological polar surface area (TPSA) is 114 Å². The number of hydrogen-bond acceptors (Lipinski definition) is 6. The Kier molecular flexibility index (Phi) is 6.04. The van der Waals surface area contributed by atoms with Gasteiger partial charge in [-0.15, -0.1) is 0 Å². The molecule has 2 aromatic carbocycles. The second-order valence-corrected chi connectivity index (χ2v) is 9.19. The minimum atomic E-state index is -4.07. The maximum atomic E-state index is 13.2. The number of nitrogens with zero attached hydrogens (tertiary/aromatic N) is 1. The van der Waals surface area contributed by atoms with Gasteiger partial charge in [0.1, 0.15) is 17.5 Å². The zero-order chi connectivity index (χ0) is 22.7. The van der Waals surface area contributed by atoms with Crippen molar-refractivity contribution in [3.8, 4) is 11.5 Å². The van der Waals surface area contributed by atoms with Crippen molar-refractivity contribution in [1.29, 1.82) is 0 Å². The molecule has 0 fully saturated rings. The quantitative estimate of drug-likeness (QED) is 0.682. The highest BCUT2D eigenvalue weighted by Crippen LogP contribution is 2.32. The van der Waals surface area contributed by atoms with E-state index in [-0.39, 0.29) is 17.4 Å². The summed E-state index contributed by atoms with van der Waals surface area (Å²) in [6.45, 7) is 0.451. The van der Waals surface area contributed by atoms with Crippen LogP contribution in [0.4, 0.5) is 0 Å². The Morgan fingerprint density at radius 3 is 2.72 bits per heavy atom. The Morgan fingerprint density at radius 1 is 1.22 bits per heavy atom. The lowest BCUT2D eigenvalue weighted by Gasteiger charge is -2.32. The van der Waals surface area contributed by atoms with Crippen LogP contribution in [-0.4, -0.2) is 44.3 Å². The fourth-order valence-corrected chi connectivity index (χ4v) is 5.18. The highest BCUT2D eigenvalue weighted by Gasteiger charge is 2.37. The number of sulfonamides is 1. The maximum absolute atomic E-state index is 13.2. The number of fused-ring (bicyclic) bond motifs is 1. The summed E-state index contributed by atoms with van der Waals surface area (Å²) < 4.78 is 38.0. The summed E-state index contributed by atoms with van der Waals surface area (Å²) in [7, 11) is -2.59. The fraction of sp³-hybridized carbons (Fsp3) is 0.273. The van der Waals surface area contributed by atoms with E-state index in [1.54, 1.807) is 0 Å². The maximum Gasteiger partial charge on any atom is 0.264 e. The van der Waals surface area contributed by atoms with E-state index < -0.39 is 27.9 Å². The number of methoxy groups -OCH3 is 1. The SMILES string of the molecule is COc1ccc(S(=O)(=O)N2C=CNC(=O)[C@H]2CC(=O)N[C@@H]2CCOc3ccccc32)cc1. The molecule has 2 amide bonds. The highest BCUT2D eigenvalue weighted by atomic mass is 32.2. The number of para-hydroxylation sites is 1. The van der Waals surface area contributed by atoms with Crippen LogP contribution in [0.2, 0.25) is 0 Å². The number of nitrogens with one attached hydrogen (secondary N) is 2. The molecule has 0 spiro atoms. The smallest absolute Gasteiger partial charge is 0.264 e. The molecule has 0 saturated carbocycles. The van der Waals surface area contributed by atoms with Crippen molar-refractivity contribution < 1.29 is 27.5 Å². The van der Waals surface area contributed by atoms with E-state index in [1.807, 2.05) is 24.3 Å². The lowest BCUT2D eigenvalue weighted by molar-refractivity contribution is -0.129. The first-order valence-corrected chi connectivity index (χ1v) is 11.5. The average Bonchev–Trinajstić information content (AvgIpc) is 2.80. The number of carbonyl (C=O) groups is 2. The van der Waals surface area contributed by atoms with Crippen LogP contribution < -0.4 is 20.1 Å². The molecule has 0 bridgehead atoms. The van der Waals surface area contributed by atoms with Gasteiger partial charge in [0.25, 0.3) is 10.0 Å². The molecule has 0 aliphatic carbocycles. The molecule has 2 aromatic rings. The second-order valence-electron chi connectivity index (χ2n) is 7.35. The van der Waals surface area contributed by atoms with Crippen molar-refractivity contribution in [3.63, 3.8) is 0 Å². The first-order valence-electron chi connectivity index (χ1n) is 10.1. The zero-order valence-electron chi connectivity index (χ0n) is 17.4. The minimum absolute atomic E-state index is 0.0126. The number of rotatable bonds is 6. The third-order valence-electron chi connectivity index (χ3n) is 5.36. The summed E-state index contributed by atoms with van der Waals surface area (Å²) >= 11 is 0. The van der Waals surface area contributed by atoms with Gasteiger partial charge >= 0.3 is 0 Å². The second kappa shape index (κ2) is 8.91. The fourth-order valence-electron chi connectivity index (χ4n) is 3.73. The summed E-state index contributed by atoms with van der Waals surface area (Å²) in [5, 5.41) is 5.39. The Balaban J connectivity index is 1.53. The van der Waals surface area contributed by atoms with Crippen molar-refractivity contribution in [2.45, 2.75) is 29.8 Å². The largest absolute Gasteiger partial charge is 0.497 e. The van der Waals surface area contributed by atoms with E-state index in [1.165, 1.54) is 43.8 Å². The predicted molar refractivity (Wildman–Crippen MR) is 115 cm³/mol. The molecule has 2 N–H and O–H groups in total. The number of amides is 2. The number of hydrogen-bond donors (Lipinski definition) is 2. The van der Waals surface area contributed by atoms with Gasteiger partial charge in [0.2, 0.25) is 11.8 Å². The lowest BCUT2D eigenvalue weighted by atomic mass is 10.00. The number of ether oxygens (including phenoxy) is 2. The van der Waals surface area contributed by atoms with Gasteiger partial charge in [-0.2, -0.15) is 0 Å². The molecule has 4 rings (SSSR count). The lowest BCUT2D eigenvalue weighted by Crippen LogP contribution is -2.51. The van der Waals surface area contributed by atoms with E-state index in [0.29, 0.717) is 24.5 Å². The Hall–Kier alpha value is -3.53. The summed E-state index contributed by atoms with van der Waals surface area (Å²) in [5.41, 5.74) is 0.850. The summed E-state index contributed by atoms with van der Waals surface area (Å²) in [5.74, 6) is 0.193. The van der Waals surface area contributed by atoms with E-state index in [2.05, 4.69) is 10.6 Å². The minimum Gasteiger partial charge on any atom is -0.497 e. The monoisotopic (exact) mass is 457 g/mol. The molecule has 2 aliphatic heterocycles. The van der Waals surface area contributed by atoms with Crippen molar-refractivity contribution >= 4 is 21.8 Å². The van der Waals surface area contributed by atoms with Gasteiger partial charge in [0.15, 0.2) is 0 Å². The molecule has 10 heteroatoms. The summed E-state index contributed by atoms with van der Waals surface area (Å²) in [4.78, 5) is 25.3. The molecule has 2 aliphatic rings. The van der Waals surface area contributed by atoms with E-state index in [9.17, 15) is 18.0 Å². The summed E-state index contributed by atoms with van der Waals surface area (Å²) in [6, 6.07) is 11.7. The molecule has 2 heterocycles. The Morgan fingerprint density at radius 2 is 1.97 bits per heavy atom. The van der Waals surface area contributed by atoms with Crippen molar-refractivity contribution in [2.24, 2.45) is 0 Å². The van der Waals surface area contributed by atoms with Gasteiger partial charge in [-0.1, -0.05) is 18.2 Å². The highest BCUT2D eigenvalue weighted by molar-refractivity contribution is 7.89. The number of carbonyl (C=O) groups excluding carboxylic acids is 2. The van der Waals surface area contributed by atoms with E-state index in [0.717, 1.165) is 9.87 Å². The molecule has 32 heavy (non-hydrogen) atoms. The molecule has 0 aromatic heterocycles. The van der Waals surface area contributed by atoms with Gasteiger partial charge in [-0.05, 0) is 30.3 Å². The van der Waals surface area contributed by atoms with Crippen LogP contribution in [0.25, 0.3) is 0 Å². The average molecular weight is 458 g/mol. The van der Waals surface area contributed by atoms with Crippen LogP contribution in [0.3, 0.4) is 0 Å². The van der Waals surface area contributed by atoms with Crippen molar-refractivity contribution in [1.82, 2.24) is 14.9 Å². The first-order chi connectivity index (χ1) is 15.4. The van der Waals surface area contributed by atoms with Crippen LogP contribution in [0, 0.1) is 0 Å². The third kappa shape index (κ3) is 4.26. The van der Waals surface area contributed by atoms with Gasteiger partial charge in [-0.3, -0.25) is 13.9 Å². The van der Waals surface area contributed by atoms with E-state index in [4.69, 9.17) is 9.47 Å². The van der Waals surface area contributed by atoms with Crippen LogP contribution in [0.5, 0.6) is 11.5 Å². The molecule has 0 saturated heterocycles. The molecular weight excluding hydrogens is 434 g/mol. The molecule has 168 valence electrons. The molecular formula is C22H23N3O6S. The molecule has 0 radical (unpaired) electrons.